The minimum atomic E-state index is -0.466. The minimum absolute atomic E-state index is 0.354. The Morgan fingerprint density at radius 3 is 2.77 bits per heavy atom. The van der Waals surface area contributed by atoms with Crippen molar-refractivity contribution >= 4 is 34.5 Å². The number of imidazole rings is 1. The molecule has 0 spiro atoms. The number of aryl methyl sites for hydroxylation is 1. The van der Waals surface area contributed by atoms with Gasteiger partial charge < -0.3 is 4.57 Å². The van der Waals surface area contributed by atoms with Gasteiger partial charge in [-0.3, -0.25) is 14.3 Å². The van der Waals surface area contributed by atoms with E-state index < -0.39 is 11.2 Å². The number of allylic oxidation sites excluding steroid dienone is 2. The molecule has 0 amide bonds. The normalized spacial score (nSPS) is 13.8. The fraction of sp³-hybridized carbons (Fsp3) is 0.500. The Balaban J connectivity index is 2.72. The third kappa shape index (κ3) is 3.30. The molecule has 1 unspecified atom stereocenters. The molecule has 0 aromatic carbocycles. The first-order chi connectivity index (χ1) is 10.3. The van der Waals surface area contributed by atoms with E-state index in [1.54, 1.807) is 30.3 Å². The molecule has 0 aliphatic heterocycles. The summed E-state index contributed by atoms with van der Waals surface area (Å²) in [5.74, 6) is 0. The lowest BCUT2D eigenvalue weighted by atomic mass is 10.4. The molecule has 0 aliphatic carbocycles. The molecule has 2 rings (SSSR count). The number of aromatic nitrogens is 4. The Morgan fingerprint density at radius 2 is 2.18 bits per heavy atom. The maximum absolute atomic E-state index is 12.2. The van der Waals surface area contributed by atoms with Crippen LogP contribution in [0.2, 0.25) is 0 Å². The van der Waals surface area contributed by atoms with Gasteiger partial charge in [0, 0.05) is 23.9 Å². The first-order valence-corrected chi connectivity index (χ1v) is 8.29. The molecular formula is C14H19ClN4O2S. The van der Waals surface area contributed by atoms with Crippen molar-refractivity contribution in [3.63, 3.8) is 0 Å². The molecule has 0 saturated heterocycles. The highest BCUT2D eigenvalue weighted by Gasteiger charge is 2.18. The number of hydrogen-bond donors (Lipinski definition) is 1. The highest BCUT2D eigenvalue weighted by Crippen LogP contribution is 2.27. The monoisotopic (exact) mass is 342 g/mol. The highest BCUT2D eigenvalue weighted by molar-refractivity contribution is 7.99. The molecule has 8 heteroatoms. The van der Waals surface area contributed by atoms with Crippen LogP contribution in [0.25, 0.3) is 11.2 Å². The average molecular weight is 343 g/mol. The standard InChI is InChI=1S/C14H19ClN4O2S/c1-5-9(3)22-14-16-11-10(19(14)7-6-8(2)15)12(20)17-13(21)18(11)4/h6,9H,5,7H2,1-4H3,(H,17,20,21). The predicted molar refractivity (Wildman–Crippen MR) is 90.8 cm³/mol. The number of nitrogens with one attached hydrogen (secondary N) is 1. The van der Waals surface area contributed by atoms with E-state index in [9.17, 15) is 9.59 Å². The van der Waals surface area contributed by atoms with Crippen LogP contribution in [0.5, 0.6) is 0 Å². The summed E-state index contributed by atoms with van der Waals surface area (Å²) in [6.45, 7) is 6.41. The smallest absolute Gasteiger partial charge is 0.309 e. The summed E-state index contributed by atoms with van der Waals surface area (Å²) >= 11 is 7.49. The van der Waals surface area contributed by atoms with Crippen LogP contribution in [0.1, 0.15) is 27.2 Å². The highest BCUT2D eigenvalue weighted by atomic mass is 35.5. The van der Waals surface area contributed by atoms with Gasteiger partial charge in [0.1, 0.15) is 0 Å². The number of fused-ring (bicyclic) bond motifs is 1. The summed E-state index contributed by atoms with van der Waals surface area (Å²) in [5.41, 5.74) is -0.115. The van der Waals surface area contributed by atoms with Crippen molar-refractivity contribution in [1.29, 1.82) is 0 Å². The molecule has 120 valence electrons. The van der Waals surface area contributed by atoms with Crippen molar-refractivity contribution in [2.24, 2.45) is 7.05 Å². The van der Waals surface area contributed by atoms with Crippen LogP contribution < -0.4 is 11.2 Å². The molecule has 0 aliphatic rings. The van der Waals surface area contributed by atoms with E-state index in [0.29, 0.717) is 33.1 Å². The summed E-state index contributed by atoms with van der Waals surface area (Å²) in [7, 11) is 1.60. The lowest BCUT2D eigenvalue weighted by molar-refractivity contribution is 0.737. The number of rotatable bonds is 5. The van der Waals surface area contributed by atoms with Crippen LogP contribution in [0.15, 0.2) is 25.9 Å². The fourth-order valence-electron chi connectivity index (χ4n) is 1.95. The van der Waals surface area contributed by atoms with Gasteiger partial charge in [-0.25, -0.2) is 9.78 Å². The summed E-state index contributed by atoms with van der Waals surface area (Å²) < 4.78 is 3.15. The largest absolute Gasteiger partial charge is 0.329 e. The molecule has 1 N–H and O–H groups in total. The van der Waals surface area contributed by atoms with Crippen molar-refractivity contribution in [3.05, 3.63) is 31.9 Å². The van der Waals surface area contributed by atoms with Gasteiger partial charge in [-0.1, -0.05) is 43.3 Å². The fourth-order valence-corrected chi connectivity index (χ4v) is 2.98. The molecule has 0 fully saturated rings. The van der Waals surface area contributed by atoms with E-state index in [1.165, 1.54) is 4.57 Å². The van der Waals surface area contributed by atoms with Gasteiger partial charge in [0.05, 0.1) is 0 Å². The van der Waals surface area contributed by atoms with Crippen LogP contribution in [-0.2, 0) is 13.6 Å². The van der Waals surface area contributed by atoms with Crippen molar-refractivity contribution in [2.45, 2.75) is 44.1 Å². The quantitative estimate of drug-likeness (QED) is 0.847. The number of nitrogens with zero attached hydrogens (tertiary/aromatic N) is 3. The minimum Gasteiger partial charge on any atom is -0.309 e. The number of thioether (sulfide) groups is 1. The van der Waals surface area contributed by atoms with Crippen molar-refractivity contribution in [3.8, 4) is 0 Å². The van der Waals surface area contributed by atoms with E-state index in [1.807, 2.05) is 6.08 Å². The zero-order valence-corrected chi connectivity index (χ0v) is 14.6. The molecule has 0 radical (unpaired) electrons. The Hall–Kier alpha value is -1.47. The maximum atomic E-state index is 12.2. The van der Waals surface area contributed by atoms with Gasteiger partial charge in [0.2, 0.25) is 0 Å². The van der Waals surface area contributed by atoms with Crippen LogP contribution >= 0.6 is 23.4 Å². The Morgan fingerprint density at radius 1 is 1.50 bits per heavy atom. The number of halogens is 1. The SMILES string of the molecule is CCC(C)Sc1nc2c(c(=O)[nH]c(=O)n2C)n1CC=C(C)Cl. The summed E-state index contributed by atoms with van der Waals surface area (Å²) in [5, 5.41) is 1.71. The molecule has 2 aromatic heterocycles. The number of aromatic amines is 1. The van der Waals surface area contributed by atoms with Crippen LogP contribution in [0, 0.1) is 0 Å². The van der Waals surface area contributed by atoms with Gasteiger partial charge in [-0.2, -0.15) is 0 Å². The van der Waals surface area contributed by atoms with Gasteiger partial charge >= 0.3 is 5.69 Å². The van der Waals surface area contributed by atoms with Gasteiger partial charge in [0.15, 0.2) is 16.3 Å². The predicted octanol–water partition coefficient (Wildman–Crippen LogP) is 2.46. The van der Waals surface area contributed by atoms with E-state index in [-0.39, 0.29) is 0 Å². The maximum Gasteiger partial charge on any atom is 0.329 e. The van der Waals surface area contributed by atoms with Crippen LogP contribution in [0.4, 0.5) is 0 Å². The third-order valence-corrected chi connectivity index (χ3v) is 4.82. The van der Waals surface area contributed by atoms with Gasteiger partial charge in [-0.15, -0.1) is 0 Å². The number of hydrogen-bond acceptors (Lipinski definition) is 4. The van der Waals surface area contributed by atoms with Gasteiger partial charge in [-0.05, 0) is 13.3 Å². The van der Waals surface area contributed by atoms with E-state index in [4.69, 9.17) is 11.6 Å². The van der Waals surface area contributed by atoms with E-state index >= 15 is 0 Å². The first kappa shape index (κ1) is 16.9. The molecule has 0 saturated carbocycles. The van der Waals surface area contributed by atoms with Crippen molar-refractivity contribution in [1.82, 2.24) is 19.1 Å². The molecule has 2 aromatic rings. The molecule has 2 heterocycles. The lowest BCUT2D eigenvalue weighted by Gasteiger charge is -2.09. The zero-order valence-electron chi connectivity index (χ0n) is 13.0. The molecule has 22 heavy (non-hydrogen) atoms. The van der Waals surface area contributed by atoms with Crippen molar-refractivity contribution in [2.75, 3.05) is 0 Å². The molecular weight excluding hydrogens is 324 g/mol. The van der Waals surface area contributed by atoms with Crippen LogP contribution in [0.3, 0.4) is 0 Å². The summed E-state index contributed by atoms with van der Waals surface area (Å²) in [6, 6.07) is 0. The second-order valence-electron chi connectivity index (χ2n) is 5.12. The third-order valence-electron chi connectivity index (χ3n) is 3.41. The van der Waals surface area contributed by atoms with Crippen LogP contribution in [-0.4, -0.2) is 24.4 Å². The first-order valence-electron chi connectivity index (χ1n) is 7.03. The summed E-state index contributed by atoms with van der Waals surface area (Å²) in [4.78, 5) is 30.7. The van der Waals surface area contributed by atoms with E-state index in [2.05, 4.69) is 23.8 Å². The van der Waals surface area contributed by atoms with Gasteiger partial charge in [0.25, 0.3) is 5.56 Å². The Bertz CT molecular complexity index is 830. The lowest BCUT2D eigenvalue weighted by Crippen LogP contribution is -2.29. The molecule has 1 atom stereocenters. The van der Waals surface area contributed by atoms with Crippen molar-refractivity contribution < 1.29 is 0 Å². The Labute approximate surface area is 137 Å². The second kappa shape index (κ2) is 6.75. The topological polar surface area (TPSA) is 72.7 Å². The second-order valence-corrected chi connectivity index (χ2v) is 7.12. The molecule has 6 nitrogen and oxygen atoms in total. The average Bonchev–Trinajstić information content (AvgIpc) is 2.81. The van der Waals surface area contributed by atoms with E-state index in [0.717, 1.165) is 6.42 Å². The molecule has 0 bridgehead atoms. The zero-order chi connectivity index (χ0) is 16.4. The Kier molecular flexibility index (Phi) is 5.18. The summed E-state index contributed by atoms with van der Waals surface area (Å²) in [6.07, 6.45) is 2.79. The number of H-pyrrole nitrogens is 1.